The summed E-state index contributed by atoms with van der Waals surface area (Å²) in [5, 5.41) is 0. The molecule has 0 aromatic heterocycles. The summed E-state index contributed by atoms with van der Waals surface area (Å²) in [6, 6.07) is 8.19. The summed E-state index contributed by atoms with van der Waals surface area (Å²) >= 11 is 0.595. The molecule has 0 amide bonds. The van der Waals surface area contributed by atoms with E-state index < -0.39 is 0 Å². The fraction of sp³-hybridized carbons (Fsp3) is 0.250. The predicted molar refractivity (Wildman–Crippen MR) is 45.0 cm³/mol. The number of aryl methyl sites for hydroxylation is 1. The molecular formula is C8H11BiO. The molecule has 0 unspecified atom stereocenters. The van der Waals surface area contributed by atoms with Crippen molar-refractivity contribution in [2.45, 2.75) is 13.3 Å². The van der Waals surface area contributed by atoms with Crippen molar-refractivity contribution >= 4 is 25.2 Å². The Morgan fingerprint density at radius 3 is 2.60 bits per heavy atom. The normalized spacial score (nSPS) is 9.40. The van der Waals surface area contributed by atoms with Gasteiger partial charge in [0.05, 0.1) is 0 Å². The first-order valence-corrected chi connectivity index (χ1v) is 5.16. The molecule has 0 fully saturated rings. The maximum atomic E-state index is 5.30. The summed E-state index contributed by atoms with van der Waals surface area (Å²) in [4.78, 5) is 0. The summed E-state index contributed by atoms with van der Waals surface area (Å²) in [6.45, 7) is 2.14. The first-order valence-electron chi connectivity index (χ1n) is 3.33. The third-order valence-electron chi connectivity index (χ3n) is 1.48. The maximum absolute atomic E-state index is 5.30. The SMILES string of the molecule is CCc1ccccc1[O][BiH2]. The zero-order valence-electron chi connectivity index (χ0n) is 6.00. The van der Waals surface area contributed by atoms with Crippen LogP contribution in [0.2, 0.25) is 0 Å². The second kappa shape index (κ2) is 3.92. The molecule has 0 bridgehead atoms. The van der Waals surface area contributed by atoms with E-state index in [2.05, 4.69) is 13.0 Å². The molecule has 0 aliphatic heterocycles. The molecule has 1 aromatic rings. The molecule has 0 atom stereocenters. The van der Waals surface area contributed by atoms with Crippen LogP contribution in [0, 0.1) is 0 Å². The fourth-order valence-electron chi connectivity index (χ4n) is 0.911. The topological polar surface area (TPSA) is 9.23 Å². The van der Waals surface area contributed by atoms with Crippen molar-refractivity contribution in [1.82, 2.24) is 0 Å². The van der Waals surface area contributed by atoms with Crippen molar-refractivity contribution in [3.05, 3.63) is 29.8 Å². The monoisotopic (exact) mass is 332 g/mol. The van der Waals surface area contributed by atoms with E-state index in [0.29, 0.717) is 25.2 Å². The Balaban J connectivity index is 2.96. The predicted octanol–water partition coefficient (Wildman–Crippen LogP) is 1.18. The summed E-state index contributed by atoms with van der Waals surface area (Å²) in [5.74, 6) is 1.06. The molecule has 0 N–H and O–H groups in total. The van der Waals surface area contributed by atoms with Gasteiger partial charge in [-0.2, -0.15) is 0 Å². The number of hydrogen-bond acceptors (Lipinski definition) is 1. The zero-order chi connectivity index (χ0) is 7.40. The van der Waals surface area contributed by atoms with E-state index in [1.807, 2.05) is 18.2 Å². The summed E-state index contributed by atoms with van der Waals surface area (Å²) in [6.07, 6.45) is 1.06. The second-order valence-corrected chi connectivity index (χ2v) is 3.00. The van der Waals surface area contributed by atoms with E-state index in [0.717, 1.165) is 12.2 Å². The average molecular weight is 332 g/mol. The van der Waals surface area contributed by atoms with E-state index in [9.17, 15) is 0 Å². The van der Waals surface area contributed by atoms with Crippen LogP contribution < -0.4 is 2.81 Å². The van der Waals surface area contributed by atoms with Crippen LogP contribution in [0.25, 0.3) is 0 Å². The van der Waals surface area contributed by atoms with Gasteiger partial charge in [0.15, 0.2) is 0 Å². The van der Waals surface area contributed by atoms with Gasteiger partial charge in [0.25, 0.3) is 0 Å². The number of benzene rings is 1. The minimum absolute atomic E-state index is 0.595. The van der Waals surface area contributed by atoms with Gasteiger partial charge in [0.2, 0.25) is 0 Å². The van der Waals surface area contributed by atoms with Gasteiger partial charge in [-0.1, -0.05) is 0 Å². The van der Waals surface area contributed by atoms with Crippen LogP contribution in [0.1, 0.15) is 12.5 Å². The molecule has 0 heterocycles. The molecule has 0 spiro atoms. The molecule has 0 saturated carbocycles. The van der Waals surface area contributed by atoms with Crippen LogP contribution in [0.15, 0.2) is 24.3 Å². The molecule has 54 valence electrons. The van der Waals surface area contributed by atoms with Gasteiger partial charge in [0.1, 0.15) is 0 Å². The Morgan fingerprint density at radius 2 is 2.10 bits per heavy atom. The van der Waals surface area contributed by atoms with Crippen LogP contribution in [-0.2, 0) is 6.42 Å². The number of rotatable bonds is 2. The Labute approximate surface area is 76.9 Å². The van der Waals surface area contributed by atoms with Crippen LogP contribution in [0.4, 0.5) is 0 Å². The summed E-state index contributed by atoms with van der Waals surface area (Å²) < 4.78 is 5.30. The number of hydrogen-bond donors (Lipinski definition) is 0. The molecule has 10 heavy (non-hydrogen) atoms. The molecular weight excluding hydrogens is 321 g/mol. The molecule has 1 nitrogen and oxygen atoms in total. The third kappa shape index (κ3) is 1.70. The van der Waals surface area contributed by atoms with Crippen molar-refractivity contribution in [1.29, 1.82) is 0 Å². The molecule has 0 radical (unpaired) electrons. The minimum atomic E-state index is 0.595. The quantitative estimate of drug-likeness (QED) is 0.739. The van der Waals surface area contributed by atoms with Crippen molar-refractivity contribution in [3.63, 3.8) is 0 Å². The van der Waals surface area contributed by atoms with E-state index in [1.54, 1.807) is 0 Å². The van der Waals surface area contributed by atoms with Crippen LogP contribution in [0.5, 0.6) is 5.75 Å². The Kier molecular flexibility index (Phi) is 3.14. The molecule has 2 heteroatoms. The van der Waals surface area contributed by atoms with Crippen LogP contribution in [-0.4, -0.2) is 25.2 Å². The molecule has 0 saturated heterocycles. The number of para-hydroxylation sites is 1. The molecule has 1 rings (SSSR count). The van der Waals surface area contributed by atoms with E-state index in [1.165, 1.54) is 5.56 Å². The summed E-state index contributed by atoms with van der Waals surface area (Å²) in [7, 11) is 0. The molecule has 0 aliphatic carbocycles. The zero-order valence-corrected chi connectivity index (χ0v) is 10.5. The third-order valence-corrected chi connectivity index (χ3v) is 2.47. The average Bonchev–Trinajstić information content (AvgIpc) is 2.04. The second-order valence-electron chi connectivity index (χ2n) is 2.08. The van der Waals surface area contributed by atoms with Gasteiger partial charge in [-0.25, -0.2) is 0 Å². The van der Waals surface area contributed by atoms with E-state index in [4.69, 9.17) is 2.81 Å². The van der Waals surface area contributed by atoms with Crippen molar-refractivity contribution in [3.8, 4) is 5.75 Å². The van der Waals surface area contributed by atoms with Crippen LogP contribution >= 0.6 is 0 Å². The first-order chi connectivity index (χ1) is 4.88. The van der Waals surface area contributed by atoms with Crippen molar-refractivity contribution in [2.75, 3.05) is 0 Å². The van der Waals surface area contributed by atoms with Crippen LogP contribution in [0.3, 0.4) is 0 Å². The molecule has 1 aromatic carbocycles. The van der Waals surface area contributed by atoms with Gasteiger partial charge in [-0.05, 0) is 0 Å². The summed E-state index contributed by atoms with van der Waals surface area (Å²) in [5.41, 5.74) is 1.31. The van der Waals surface area contributed by atoms with Crippen molar-refractivity contribution < 1.29 is 2.81 Å². The van der Waals surface area contributed by atoms with Gasteiger partial charge in [-0.15, -0.1) is 0 Å². The van der Waals surface area contributed by atoms with Gasteiger partial charge < -0.3 is 0 Å². The Hall–Kier alpha value is -0.0969. The Morgan fingerprint density at radius 1 is 1.40 bits per heavy atom. The molecule has 0 aliphatic rings. The first kappa shape index (κ1) is 8.00. The van der Waals surface area contributed by atoms with Gasteiger partial charge >= 0.3 is 76.9 Å². The van der Waals surface area contributed by atoms with Gasteiger partial charge in [-0.3, -0.25) is 0 Å². The van der Waals surface area contributed by atoms with E-state index in [-0.39, 0.29) is 0 Å². The fourth-order valence-corrected chi connectivity index (χ4v) is 1.80. The Bertz CT molecular complexity index is 187. The van der Waals surface area contributed by atoms with E-state index >= 15 is 0 Å². The van der Waals surface area contributed by atoms with Crippen molar-refractivity contribution in [2.24, 2.45) is 0 Å². The van der Waals surface area contributed by atoms with Gasteiger partial charge in [0, 0.05) is 0 Å². The standard InChI is InChI=1S/C8H10O.Bi.2H/c1-2-7-5-3-4-6-8(7)9;;;/h3-6,9H,2H2,1H3;;;/q;+1;;/p-1.